The molecule has 68 valence electrons. The van der Waals surface area contributed by atoms with Crippen LogP contribution in [-0.4, -0.2) is 17.3 Å². The Morgan fingerprint density at radius 3 is 2.92 bits per heavy atom. The highest BCUT2D eigenvalue weighted by Crippen LogP contribution is 2.30. The number of halogens is 1. The topological polar surface area (TPSA) is 48.2 Å². The predicted molar refractivity (Wildman–Crippen MR) is 51.9 cm³/mol. The van der Waals surface area contributed by atoms with Crippen molar-refractivity contribution in [2.75, 3.05) is 7.11 Å². The summed E-state index contributed by atoms with van der Waals surface area (Å²) in [5.41, 5.74) is 0. The smallest absolute Gasteiger partial charge is 0.285 e. The van der Waals surface area contributed by atoms with Crippen LogP contribution in [0.2, 0.25) is 0 Å². The summed E-state index contributed by atoms with van der Waals surface area (Å²) < 4.78 is 10.2. The number of rotatable bonds is 2. The second-order valence-electron chi connectivity index (χ2n) is 2.21. The lowest BCUT2D eigenvalue weighted by atomic mass is 10.4. The zero-order valence-corrected chi connectivity index (χ0v) is 9.05. The highest BCUT2D eigenvalue weighted by atomic mass is 79.9. The molecule has 13 heavy (non-hydrogen) atoms. The summed E-state index contributed by atoms with van der Waals surface area (Å²) >= 11 is 4.58. The molecule has 0 N–H and O–H groups in total. The summed E-state index contributed by atoms with van der Waals surface area (Å²) in [4.78, 5) is 1.28. The van der Waals surface area contributed by atoms with Gasteiger partial charge in [0.25, 0.3) is 10.7 Å². The van der Waals surface area contributed by atoms with Crippen LogP contribution < -0.4 is 4.74 Å². The molecule has 2 aromatic heterocycles. The fourth-order valence-corrected chi connectivity index (χ4v) is 1.85. The molecule has 6 heteroatoms. The lowest BCUT2D eigenvalue weighted by Gasteiger charge is -1.88. The van der Waals surface area contributed by atoms with Crippen LogP contribution in [-0.2, 0) is 0 Å². The Morgan fingerprint density at radius 2 is 2.38 bits per heavy atom. The maximum absolute atomic E-state index is 5.18. The maximum Gasteiger partial charge on any atom is 0.285 e. The van der Waals surface area contributed by atoms with Crippen LogP contribution in [0, 0.1) is 0 Å². The predicted octanol–water partition coefficient (Wildman–Crippen LogP) is 2.57. The molecule has 0 spiro atoms. The molecule has 0 amide bonds. The van der Waals surface area contributed by atoms with E-state index in [1.54, 1.807) is 7.11 Å². The molecule has 0 bridgehead atoms. The normalized spacial score (nSPS) is 10.3. The van der Waals surface area contributed by atoms with Crippen LogP contribution in [0.1, 0.15) is 0 Å². The number of nitrogens with zero attached hydrogens (tertiary/aromatic N) is 2. The van der Waals surface area contributed by atoms with E-state index in [9.17, 15) is 0 Å². The second kappa shape index (κ2) is 3.47. The summed E-state index contributed by atoms with van der Waals surface area (Å²) in [5, 5.41) is 9.40. The Kier molecular flexibility index (Phi) is 2.32. The van der Waals surface area contributed by atoms with Gasteiger partial charge in [0.2, 0.25) is 0 Å². The zero-order valence-electron chi connectivity index (χ0n) is 6.65. The van der Waals surface area contributed by atoms with Gasteiger partial charge in [-0.2, -0.15) is 0 Å². The summed E-state index contributed by atoms with van der Waals surface area (Å²) in [5.74, 6) is 1.30. The summed E-state index contributed by atoms with van der Waals surface area (Å²) in [7, 11) is 1.62. The molecule has 0 aromatic carbocycles. The number of hydrogen-bond donors (Lipinski definition) is 0. The zero-order chi connectivity index (χ0) is 9.26. The first-order valence-electron chi connectivity index (χ1n) is 3.41. The third kappa shape index (κ3) is 1.73. The number of thiophene rings is 1. The molecule has 0 radical (unpaired) electrons. The fraction of sp³-hybridized carbons (Fsp3) is 0.143. The lowest BCUT2D eigenvalue weighted by Crippen LogP contribution is -1.76. The molecule has 0 saturated heterocycles. The van der Waals surface area contributed by atoms with Gasteiger partial charge in [-0.3, -0.25) is 0 Å². The molecule has 2 rings (SSSR count). The van der Waals surface area contributed by atoms with E-state index in [-0.39, 0.29) is 0 Å². The van der Waals surface area contributed by atoms with Crippen molar-refractivity contribution < 1.29 is 9.15 Å². The number of ether oxygens (including phenoxy) is 1. The SMILES string of the molecule is COc1csc(-c2nnc(Br)o2)c1. The first-order chi connectivity index (χ1) is 6.29. The van der Waals surface area contributed by atoms with Crippen molar-refractivity contribution in [1.29, 1.82) is 0 Å². The van der Waals surface area contributed by atoms with Gasteiger partial charge in [-0.15, -0.1) is 21.5 Å². The van der Waals surface area contributed by atoms with E-state index in [0.717, 1.165) is 10.6 Å². The first kappa shape index (κ1) is 8.71. The number of aromatic nitrogens is 2. The summed E-state index contributed by atoms with van der Waals surface area (Å²) in [6.07, 6.45) is 0. The van der Waals surface area contributed by atoms with Gasteiger partial charge in [-0.1, -0.05) is 0 Å². The van der Waals surface area contributed by atoms with E-state index in [1.807, 2.05) is 11.4 Å². The van der Waals surface area contributed by atoms with Gasteiger partial charge >= 0.3 is 0 Å². The van der Waals surface area contributed by atoms with E-state index in [0.29, 0.717) is 10.7 Å². The van der Waals surface area contributed by atoms with E-state index in [4.69, 9.17) is 9.15 Å². The lowest BCUT2D eigenvalue weighted by molar-refractivity contribution is 0.416. The molecule has 0 fully saturated rings. The standard InChI is InChI=1S/C7H5BrN2O2S/c1-11-4-2-5(13-3-4)6-9-10-7(8)12-6/h2-3H,1H3. The third-order valence-corrected chi connectivity index (χ3v) is 2.64. The van der Waals surface area contributed by atoms with Crippen LogP contribution in [0.5, 0.6) is 5.75 Å². The molecular formula is C7H5BrN2O2S. The quantitative estimate of drug-likeness (QED) is 0.833. The fourth-order valence-electron chi connectivity index (χ4n) is 0.843. The van der Waals surface area contributed by atoms with Crippen LogP contribution in [0.3, 0.4) is 0 Å². The van der Waals surface area contributed by atoms with Crippen molar-refractivity contribution >= 4 is 27.3 Å². The minimum absolute atomic E-state index is 0.384. The largest absolute Gasteiger partial charge is 0.496 e. The average Bonchev–Trinajstić information content (AvgIpc) is 2.71. The second-order valence-corrected chi connectivity index (χ2v) is 3.80. The Morgan fingerprint density at radius 1 is 1.54 bits per heavy atom. The van der Waals surface area contributed by atoms with Crippen molar-refractivity contribution in [3.63, 3.8) is 0 Å². The maximum atomic E-state index is 5.18. The Balaban J connectivity index is 2.35. The molecule has 0 aliphatic heterocycles. The van der Waals surface area contributed by atoms with Gasteiger partial charge in [0.1, 0.15) is 5.75 Å². The molecule has 2 heterocycles. The van der Waals surface area contributed by atoms with Gasteiger partial charge in [-0.25, -0.2) is 0 Å². The first-order valence-corrected chi connectivity index (χ1v) is 5.09. The average molecular weight is 261 g/mol. The monoisotopic (exact) mass is 260 g/mol. The van der Waals surface area contributed by atoms with Crippen molar-refractivity contribution in [3.05, 3.63) is 16.2 Å². The van der Waals surface area contributed by atoms with Gasteiger partial charge in [-0.05, 0) is 0 Å². The van der Waals surface area contributed by atoms with Crippen molar-refractivity contribution in [3.8, 4) is 16.5 Å². The molecule has 0 aliphatic rings. The summed E-state index contributed by atoms with van der Waals surface area (Å²) in [6, 6.07) is 1.85. The van der Waals surface area contributed by atoms with Crippen molar-refractivity contribution in [2.45, 2.75) is 0 Å². The molecule has 0 unspecified atom stereocenters. The van der Waals surface area contributed by atoms with Gasteiger partial charge in [0.05, 0.1) is 12.0 Å². The molecule has 4 nitrogen and oxygen atoms in total. The molecule has 0 atom stereocenters. The van der Waals surface area contributed by atoms with Crippen LogP contribution >= 0.6 is 27.3 Å². The Bertz CT molecular complexity index is 412. The molecule has 0 saturated carbocycles. The Labute approximate surface area is 86.7 Å². The van der Waals surface area contributed by atoms with Crippen molar-refractivity contribution in [2.24, 2.45) is 0 Å². The van der Waals surface area contributed by atoms with Crippen LogP contribution in [0.15, 0.2) is 20.7 Å². The van der Waals surface area contributed by atoms with Gasteiger partial charge in [0, 0.05) is 27.4 Å². The number of hydrogen-bond acceptors (Lipinski definition) is 5. The van der Waals surface area contributed by atoms with Crippen molar-refractivity contribution in [1.82, 2.24) is 10.2 Å². The highest BCUT2D eigenvalue weighted by molar-refractivity contribution is 9.10. The third-order valence-electron chi connectivity index (χ3n) is 1.42. The van der Waals surface area contributed by atoms with Crippen LogP contribution in [0.4, 0.5) is 0 Å². The minimum atomic E-state index is 0.384. The van der Waals surface area contributed by atoms with Crippen LogP contribution in [0.25, 0.3) is 10.8 Å². The highest BCUT2D eigenvalue weighted by Gasteiger charge is 2.09. The van der Waals surface area contributed by atoms with E-state index < -0.39 is 0 Å². The summed E-state index contributed by atoms with van der Waals surface area (Å²) in [6.45, 7) is 0. The van der Waals surface area contributed by atoms with E-state index in [1.165, 1.54) is 11.3 Å². The number of methoxy groups -OCH3 is 1. The molecular weight excluding hydrogens is 256 g/mol. The minimum Gasteiger partial charge on any atom is -0.496 e. The Hall–Kier alpha value is -0.880. The van der Waals surface area contributed by atoms with Gasteiger partial charge in [0.15, 0.2) is 0 Å². The van der Waals surface area contributed by atoms with E-state index in [2.05, 4.69) is 26.1 Å². The van der Waals surface area contributed by atoms with E-state index >= 15 is 0 Å². The molecule has 0 aliphatic carbocycles. The van der Waals surface area contributed by atoms with Gasteiger partial charge < -0.3 is 9.15 Å². The molecule has 2 aromatic rings.